The second kappa shape index (κ2) is 8.46. The SMILES string of the molecule is CCc1cccc(NC(N)=NCC2CCCN(c3ncccn3)C2)c1. The van der Waals surface area contributed by atoms with Crippen LogP contribution in [0.1, 0.15) is 25.3 Å². The zero-order valence-electron chi connectivity index (χ0n) is 14.7. The fourth-order valence-electron chi connectivity index (χ4n) is 3.13. The summed E-state index contributed by atoms with van der Waals surface area (Å²) in [5.74, 6) is 1.75. The van der Waals surface area contributed by atoms with Crippen LogP contribution in [0.4, 0.5) is 11.6 Å². The van der Waals surface area contributed by atoms with Crippen molar-refractivity contribution in [1.82, 2.24) is 9.97 Å². The molecule has 0 spiro atoms. The summed E-state index contributed by atoms with van der Waals surface area (Å²) in [5, 5.41) is 3.19. The Labute approximate surface area is 149 Å². The number of nitrogens with one attached hydrogen (secondary N) is 1. The molecular formula is C19H26N6. The first-order chi connectivity index (χ1) is 12.2. The van der Waals surface area contributed by atoms with Crippen LogP contribution < -0.4 is 16.0 Å². The van der Waals surface area contributed by atoms with Crippen LogP contribution in [0.5, 0.6) is 0 Å². The second-order valence-corrected chi connectivity index (χ2v) is 6.41. The smallest absolute Gasteiger partial charge is 0.225 e. The first-order valence-electron chi connectivity index (χ1n) is 8.92. The predicted octanol–water partition coefficient (Wildman–Crippen LogP) is 2.68. The van der Waals surface area contributed by atoms with Gasteiger partial charge in [0.2, 0.25) is 5.95 Å². The lowest BCUT2D eigenvalue weighted by atomic mass is 9.98. The summed E-state index contributed by atoms with van der Waals surface area (Å²) in [7, 11) is 0. The minimum absolute atomic E-state index is 0.472. The van der Waals surface area contributed by atoms with Crippen LogP contribution in [0.2, 0.25) is 0 Å². The Hall–Kier alpha value is -2.63. The molecular weight excluding hydrogens is 312 g/mol. The van der Waals surface area contributed by atoms with Crippen LogP contribution in [-0.2, 0) is 6.42 Å². The highest BCUT2D eigenvalue weighted by molar-refractivity contribution is 5.92. The third kappa shape index (κ3) is 4.92. The van der Waals surface area contributed by atoms with Gasteiger partial charge in [0.05, 0.1) is 0 Å². The zero-order valence-corrected chi connectivity index (χ0v) is 14.7. The largest absolute Gasteiger partial charge is 0.370 e. The number of anilines is 2. The maximum absolute atomic E-state index is 6.06. The van der Waals surface area contributed by atoms with Crippen molar-refractivity contribution in [3.8, 4) is 0 Å². The summed E-state index contributed by atoms with van der Waals surface area (Å²) in [5.41, 5.74) is 8.33. The molecule has 25 heavy (non-hydrogen) atoms. The van der Waals surface area contributed by atoms with Gasteiger partial charge in [0, 0.05) is 37.7 Å². The summed E-state index contributed by atoms with van der Waals surface area (Å²) in [4.78, 5) is 15.5. The minimum Gasteiger partial charge on any atom is -0.370 e. The summed E-state index contributed by atoms with van der Waals surface area (Å²) >= 11 is 0. The van der Waals surface area contributed by atoms with E-state index < -0.39 is 0 Å². The standard InChI is InChI=1S/C19H26N6/c1-2-15-6-3-8-17(12-15)24-18(20)23-13-16-7-4-11-25(14-16)19-21-9-5-10-22-19/h3,5-6,8-10,12,16H,2,4,7,11,13-14H2,1H3,(H3,20,23,24). The van der Waals surface area contributed by atoms with Crippen LogP contribution in [0.3, 0.4) is 0 Å². The Bertz CT molecular complexity index is 700. The van der Waals surface area contributed by atoms with Crippen molar-refractivity contribution < 1.29 is 0 Å². The number of hydrogen-bond donors (Lipinski definition) is 2. The van der Waals surface area contributed by atoms with E-state index >= 15 is 0 Å². The summed E-state index contributed by atoms with van der Waals surface area (Å²) < 4.78 is 0. The second-order valence-electron chi connectivity index (χ2n) is 6.41. The quantitative estimate of drug-likeness (QED) is 0.647. The first kappa shape index (κ1) is 17.2. The van der Waals surface area contributed by atoms with E-state index in [2.05, 4.69) is 44.2 Å². The molecule has 0 amide bonds. The molecule has 1 saturated heterocycles. The Morgan fingerprint density at radius 2 is 2.16 bits per heavy atom. The highest BCUT2D eigenvalue weighted by atomic mass is 15.3. The number of nitrogens with zero attached hydrogens (tertiary/aromatic N) is 4. The Kier molecular flexibility index (Phi) is 5.82. The van der Waals surface area contributed by atoms with Gasteiger partial charge in [-0.15, -0.1) is 0 Å². The minimum atomic E-state index is 0.472. The molecule has 0 saturated carbocycles. The zero-order chi connectivity index (χ0) is 17.5. The molecule has 0 radical (unpaired) electrons. The van der Waals surface area contributed by atoms with Crippen LogP contribution in [0.25, 0.3) is 0 Å². The van der Waals surface area contributed by atoms with Crippen molar-refractivity contribution >= 4 is 17.6 Å². The molecule has 1 unspecified atom stereocenters. The molecule has 0 bridgehead atoms. The number of rotatable bonds is 5. The van der Waals surface area contributed by atoms with Crippen molar-refractivity contribution in [3.63, 3.8) is 0 Å². The van der Waals surface area contributed by atoms with E-state index in [1.165, 1.54) is 5.56 Å². The summed E-state index contributed by atoms with van der Waals surface area (Å²) in [6.07, 6.45) is 6.87. The van der Waals surface area contributed by atoms with Gasteiger partial charge in [0.25, 0.3) is 0 Å². The van der Waals surface area contributed by atoms with Crippen molar-refractivity contribution in [2.45, 2.75) is 26.2 Å². The number of aromatic nitrogens is 2. The van der Waals surface area contributed by atoms with Crippen molar-refractivity contribution in [3.05, 3.63) is 48.3 Å². The molecule has 1 aliphatic heterocycles. The van der Waals surface area contributed by atoms with Crippen LogP contribution >= 0.6 is 0 Å². The van der Waals surface area contributed by atoms with Gasteiger partial charge in [-0.05, 0) is 48.9 Å². The van der Waals surface area contributed by atoms with Gasteiger partial charge in [-0.1, -0.05) is 19.1 Å². The average molecular weight is 338 g/mol. The lowest BCUT2D eigenvalue weighted by Gasteiger charge is -2.31. The number of piperidine rings is 1. The lowest BCUT2D eigenvalue weighted by Crippen LogP contribution is -2.38. The van der Waals surface area contributed by atoms with Crippen molar-refractivity contribution in [2.75, 3.05) is 29.9 Å². The Balaban J connectivity index is 1.55. The third-order valence-electron chi connectivity index (χ3n) is 4.48. The van der Waals surface area contributed by atoms with Gasteiger partial charge in [-0.25, -0.2) is 9.97 Å². The maximum atomic E-state index is 6.06. The monoisotopic (exact) mass is 338 g/mol. The molecule has 1 aliphatic rings. The summed E-state index contributed by atoms with van der Waals surface area (Å²) in [6.45, 7) is 4.78. The average Bonchev–Trinajstić information content (AvgIpc) is 2.67. The number of hydrogen-bond acceptors (Lipinski definition) is 4. The third-order valence-corrected chi connectivity index (χ3v) is 4.48. The molecule has 1 aromatic heterocycles. The van der Waals surface area contributed by atoms with Gasteiger partial charge in [-0.3, -0.25) is 4.99 Å². The van der Waals surface area contributed by atoms with Crippen molar-refractivity contribution in [2.24, 2.45) is 16.6 Å². The lowest BCUT2D eigenvalue weighted by molar-refractivity contribution is 0.420. The van der Waals surface area contributed by atoms with Gasteiger partial charge < -0.3 is 16.0 Å². The topological polar surface area (TPSA) is 79.4 Å². The summed E-state index contributed by atoms with van der Waals surface area (Å²) in [6, 6.07) is 10.1. The number of aryl methyl sites for hydroxylation is 1. The molecule has 0 aliphatic carbocycles. The highest BCUT2D eigenvalue weighted by Gasteiger charge is 2.21. The van der Waals surface area contributed by atoms with E-state index in [-0.39, 0.29) is 0 Å². The van der Waals surface area contributed by atoms with Gasteiger partial charge in [-0.2, -0.15) is 0 Å². The highest BCUT2D eigenvalue weighted by Crippen LogP contribution is 2.20. The molecule has 6 nitrogen and oxygen atoms in total. The molecule has 3 N–H and O–H groups in total. The molecule has 2 heterocycles. The van der Waals surface area contributed by atoms with E-state index in [0.717, 1.165) is 50.5 Å². The van der Waals surface area contributed by atoms with E-state index in [9.17, 15) is 0 Å². The number of benzene rings is 1. The molecule has 2 aromatic rings. The molecule has 1 fully saturated rings. The molecule has 1 aromatic carbocycles. The van der Waals surface area contributed by atoms with Crippen molar-refractivity contribution in [1.29, 1.82) is 0 Å². The molecule has 3 rings (SSSR count). The fraction of sp³-hybridized carbons (Fsp3) is 0.421. The Morgan fingerprint density at radius 3 is 2.96 bits per heavy atom. The van der Waals surface area contributed by atoms with E-state index in [0.29, 0.717) is 11.9 Å². The van der Waals surface area contributed by atoms with Crippen LogP contribution in [-0.4, -0.2) is 35.6 Å². The first-order valence-corrected chi connectivity index (χ1v) is 8.92. The van der Waals surface area contributed by atoms with E-state index in [1.54, 1.807) is 12.4 Å². The molecule has 1 atom stereocenters. The van der Waals surface area contributed by atoms with Gasteiger partial charge in [0.1, 0.15) is 0 Å². The van der Waals surface area contributed by atoms with Crippen LogP contribution in [0.15, 0.2) is 47.7 Å². The fourth-order valence-corrected chi connectivity index (χ4v) is 3.13. The van der Waals surface area contributed by atoms with E-state index in [1.807, 2.05) is 18.2 Å². The van der Waals surface area contributed by atoms with E-state index in [4.69, 9.17) is 5.73 Å². The number of guanidine groups is 1. The number of aliphatic imine (C=N–C) groups is 1. The molecule has 6 heteroatoms. The maximum Gasteiger partial charge on any atom is 0.225 e. The normalized spacial score (nSPS) is 18.2. The molecule has 132 valence electrons. The van der Waals surface area contributed by atoms with Crippen LogP contribution in [0, 0.1) is 5.92 Å². The van der Waals surface area contributed by atoms with Gasteiger partial charge >= 0.3 is 0 Å². The Morgan fingerprint density at radius 1 is 1.32 bits per heavy atom. The predicted molar refractivity (Wildman–Crippen MR) is 103 cm³/mol. The number of nitrogens with two attached hydrogens (primary N) is 1. The van der Waals surface area contributed by atoms with Gasteiger partial charge in [0.15, 0.2) is 5.96 Å².